The summed E-state index contributed by atoms with van der Waals surface area (Å²) < 4.78 is 9.99. The summed E-state index contributed by atoms with van der Waals surface area (Å²) in [5, 5.41) is 12.7. The third-order valence-corrected chi connectivity index (χ3v) is 2.04. The van der Waals surface area contributed by atoms with Gasteiger partial charge >= 0.3 is 0 Å². The first-order chi connectivity index (χ1) is 8.40. The average molecular weight is 230 g/mol. The Bertz CT molecular complexity index is 454. The topological polar surface area (TPSA) is 63.8 Å². The molecule has 0 fully saturated rings. The van der Waals surface area contributed by atoms with Crippen molar-refractivity contribution in [1.29, 1.82) is 5.26 Å². The largest absolute Gasteiger partial charge is 0.456 e. The minimum atomic E-state index is -0.491. The van der Waals surface area contributed by atoms with Gasteiger partial charge in [-0.05, 0) is 0 Å². The highest BCUT2D eigenvalue weighted by molar-refractivity contribution is 6.11. The van der Waals surface area contributed by atoms with E-state index >= 15 is 0 Å². The smallest absolute Gasteiger partial charge is 0.276 e. The predicted molar refractivity (Wildman–Crippen MR) is 59.6 cm³/mol. The van der Waals surface area contributed by atoms with Crippen LogP contribution in [-0.4, -0.2) is 18.6 Å². The Labute approximate surface area is 98.5 Å². The van der Waals surface area contributed by atoms with E-state index < -0.39 is 6.29 Å². The van der Waals surface area contributed by atoms with Crippen molar-refractivity contribution in [2.45, 2.75) is 6.29 Å². The molecule has 0 radical (unpaired) electrons. The molecule has 0 aromatic heterocycles. The van der Waals surface area contributed by atoms with Crippen molar-refractivity contribution in [1.82, 2.24) is 0 Å². The number of benzene rings is 1. The highest BCUT2D eigenvalue weighted by Crippen LogP contribution is 2.06. The van der Waals surface area contributed by atoms with Crippen LogP contribution in [-0.2, 0) is 14.3 Å². The molecule has 5 heteroatoms. The van der Waals surface area contributed by atoms with E-state index in [1.54, 1.807) is 12.1 Å². The van der Waals surface area contributed by atoms with Crippen LogP contribution in [0.5, 0.6) is 0 Å². The number of oxime groups is 1. The number of nitrogens with zero attached hydrogens (tertiary/aromatic N) is 2. The first-order valence-electron chi connectivity index (χ1n) is 5.01. The molecule has 5 nitrogen and oxygen atoms in total. The van der Waals surface area contributed by atoms with Crippen LogP contribution in [0.25, 0.3) is 0 Å². The number of hydrogen-bond donors (Lipinski definition) is 0. The van der Waals surface area contributed by atoms with Crippen molar-refractivity contribution in [2.75, 3.05) is 6.61 Å². The van der Waals surface area contributed by atoms with Crippen molar-refractivity contribution in [3.63, 3.8) is 0 Å². The van der Waals surface area contributed by atoms with Gasteiger partial charge in [0.05, 0.1) is 0 Å². The minimum absolute atomic E-state index is 0.130. The molecule has 1 aromatic rings. The molecule has 1 aliphatic heterocycles. The van der Waals surface area contributed by atoms with Gasteiger partial charge in [0, 0.05) is 5.56 Å². The van der Waals surface area contributed by atoms with E-state index in [2.05, 4.69) is 5.16 Å². The maximum Gasteiger partial charge on any atom is 0.276 e. The van der Waals surface area contributed by atoms with E-state index in [9.17, 15) is 0 Å². The third-order valence-electron chi connectivity index (χ3n) is 2.04. The molecule has 2 rings (SSSR count). The van der Waals surface area contributed by atoms with Crippen LogP contribution < -0.4 is 0 Å². The molecule has 1 aliphatic rings. The van der Waals surface area contributed by atoms with Gasteiger partial charge < -0.3 is 14.3 Å². The van der Waals surface area contributed by atoms with Gasteiger partial charge in [0.25, 0.3) is 6.29 Å². The van der Waals surface area contributed by atoms with Gasteiger partial charge in [0.1, 0.15) is 18.6 Å². The predicted octanol–water partition coefficient (Wildman–Crippen LogP) is 1.77. The zero-order chi connectivity index (χ0) is 11.9. The minimum Gasteiger partial charge on any atom is -0.456 e. The van der Waals surface area contributed by atoms with Gasteiger partial charge in [-0.3, -0.25) is 0 Å². The Morgan fingerprint density at radius 2 is 2.00 bits per heavy atom. The van der Waals surface area contributed by atoms with Crippen LogP contribution in [0.2, 0.25) is 0 Å². The molecule has 0 aliphatic carbocycles. The van der Waals surface area contributed by atoms with Crippen LogP contribution in [0.3, 0.4) is 0 Å². The summed E-state index contributed by atoms with van der Waals surface area (Å²) in [5.74, 6) is 0. The molecule has 17 heavy (non-hydrogen) atoms. The van der Waals surface area contributed by atoms with Gasteiger partial charge in [-0.15, -0.1) is 0 Å². The Morgan fingerprint density at radius 3 is 2.65 bits per heavy atom. The van der Waals surface area contributed by atoms with E-state index in [1.807, 2.05) is 24.3 Å². The molecule has 0 spiro atoms. The van der Waals surface area contributed by atoms with E-state index in [0.717, 1.165) is 0 Å². The summed E-state index contributed by atoms with van der Waals surface area (Å²) in [4.78, 5) is 5.00. The van der Waals surface area contributed by atoms with Gasteiger partial charge in [0.15, 0.2) is 12.3 Å². The van der Waals surface area contributed by atoms with E-state index in [1.165, 1.54) is 12.5 Å². The Morgan fingerprint density at radius 1 is 1.29 bits per heavy atom. The maximum absolute atomic E-state index is 8.94. The Hall–Kier alpha value is -2.48. The second kappa shape index (κ2) is 5.56. The molecule has 0 N–H and O–H groups in total. The summed E-state index contributed by atoms with van der Waals surface area (Å²) in [5.41, 5.74) is 0.929. The zero-order valence-electron chi connectivity index (χ0n) is 8.95. The van der Waals surface area contributed by atoms with Crippen molar-refractivity contribution >= 4 is 5.71 Å². The van der Waals surface area contributed by atoms with Gasteiger partial charge in [-0.2, -0.15) is 5.26 Å². The van der Waals surface area contributed by atoms with Crippen molar-refractivity contribution in [3.8, 4) is 6.07 Å². The number of rotatable bonds is 4. The lowest BCUT2D eigenvalue weighted by atomic mass is 10.1. The normalized spacial score (nSPS) is 14.9. The molecular formula is C12H10N2O3. The lowest BCUT2D eigenvalue weighted by Crippen LogP contribution is -2.14. The first kappa shape index (κ1) is 11.0. The summed E-state index contributed by atoms with van der Waals surface area (Å²) in [6.45, 7) is 0.130. The number of ether oxygens (including phenoxy) is 2. The molecule has 1 aromatic carbocycles. The Balaban J connectivity index is 1.92. The van der Waals surface area contributed by atoms with Crippen molar-refractivity contribution in [3.05, 3.63) is 48.4 Å². The molecular weight excluding hydrogens is 220 g/mol. The molecule has 86 valence electrons. The summed E-state index contributed by atoms with van der Waals surface area (Å²) in [6, 6.07) is 11.1. The molecule has 0 saturated carbocycles. The summed E-state index contributed by atoms with van der Waals surface area (Å²) in [7, 11) is 0. The second-order valence-corrected chi connectivity index (χ2v) is 3.19. The molecule has 0 unspecified atom stereocenters. The number of nitriles is 1. The highest BCUT2D eigenvalue weighted by atomic mass is 16.7. The zero-order valence-corrected chi connectivity index (χ0v) is 8.95. The summed E-state index contributed by atoms with van der Waals surface area (Å²) >= 11 is 0. The fourth-order valence-corrected chi connectivity index (χ4v) is 1.25. The highest BCUT2D eigenvalue weighted by Gasteiger charge is 2.13. The Kier molecular flexibility index (Phi) is 3.61. The molecule has 0 saturated heterocycles. The van der Waals surface area contributed by atoms with E-state index in [0.29, 0.717) is 5.56 Å². The van der Waals surface area contributed by atoms with E-state index in [-0.39, 0.29) is 12.3 Å². The fraction of sp³-hybridized carbons (Fsp3) is 0.167. The lowest BCUT2D eigenvalue weighted by molar-refractivity contribution is -0.0796. The van der Waals surface area contributed by atoms with Gasteiger partial charge in [-0.1, -0.05) is 35.5 Å². The molecule has 0 bridgehead atoms. The van der Waals surface area contributed by atoms with Crippen LogP contribution in [0.1, 0.15) is 5.56 Å². The van der Waals surface area contributed by atoms with Crippen molar-refractivity contribution < 1.29 is 14.3 Å². The number of hydrogen-bond acceptors (Lipinski definition) is 5. The quantitative estimate of drug-likeness (QED) is 0.584. The standard InChI is InChI=1S/C12H10N2O3/c13-8-11(10-4-2-1-3-5-10)14-17-9-12-15-6-7-16-12/h1-7,12H,9H2/b14-11+. The third kappa shape index (κ3) is 2.98. The first-order valence-corrected chi connectivity index (χ1v) is 5.01. The molecule has 0 amide bonds. The monoisotopic (exact) mass is 230 g/mol. The fourth-order valence-electron chi connectivity index (χ4n) is 1.25. The van der Waals surface area contributed by atoms with Crippen LogP contribution in [0.4, 0.5) is 0 Å². The van der Waals surface area contributed by atoms with Crippen molar-refractivity contribution in [2.24, 2.45) is 5.16 Å². The second-order valence-electron chi connectivity index (χ2n) is 3.19. The van der Waals surface area contributed by atoms with Gasteiger partial charge in [-0.25, -0.2) is 0 Å². The average Bonchev–Trinajstić information content (AvgIpc) is 2.89. The molecule has 1 heterocycles. The maximum atomic E-state index is 8.94. The van der Waals surface area contributed by atoms with Gasteiger partial charge in [0.2, 0.25) is 0 Å². The lowest BCUT2D eigenvalue weighted by Gasteiger charge is -2.07. The van der Waals surface area contributed by atoms with Crippen LogP contribution >= 0.6 is 0 Å². The van der Waals surface area contributed by atoms with Crippen LogP contribution in [0.15, 0.2) is 48.0 Å². The van der Waals surface area contributed by atoms with Crippen LogP contribution in [0, 0.1) is 11.3 Å². The summed E-state index contributed by atoms with van der Waals surface area (Å²) in [6.07, 6.45) is 2.37. The molecule has 0 atom stereocenters. The van der Waals surface area contributed by atoms with E-state index in [4.69, 9.17) is 19.6 Å². The SMILES string of the molecule is N#C/C(=N\OCC1OC=CO1)c1ccccc1.